The molecule has 0 aromatic carbocycles. The second-order valence-corrected chi connectivity index (χ2v) is 8.03. The molecule has 0 fully saturated rings. The van der Waals surface area contributed by atoms with Crippen molar-refractivity contribution < 1.29 is 0 Å². The van der Waals surface area contributed by atoms with Gasteiger partial charge in [-0.25, -0.2) is 0 Å². The summed E-state index contributed by atoms with van der Waals surface area (Å²) in [7, 11) is 0.305. The number of hydrogen-bond acceptors (Lipinski definition) is 0. The average Bonchev–Trinajstić information content (AvgIpc) is 2.02. The molecule has 0 spiro atoms. The highest BCUT2D eigenvalue weighted by atomic mass is 31.1. The highest BCUT2D eigenvalue weighted by Crippen LogP contribution is 2.46. The van der Waals surface area contributed by atoms with E-state index in [-0.39, 0.29) is 0 Å². The summed E-state index contributed by atoms with van der Waals surface area (Å²) in [6.45, 7) is 11.9. The SMILES string of the molecule is CCCCCCP(C(C)C)C(C)C. The molecule has 0 aromatic heterocycles. The fourth-order valence-electron chi connectivity index (χ4n) is 1.83. The minimum Gasteiger partial charge on any atom is -0.101 e. The molecule has 0 aromatic rings. The van der Waals surface area contributed by atoms with E-state index >= 15 is 0 Å². The molecule has 0 bridgehead atoms. The van der Waals surface area contributed by atoms with Gasteiger partial charge in [-0.05, 0) is 23.9 Å². The Balaban J connectivity index is 3.58. The van der Waals surface area contributed by atoms with Gasteiger partial charge in [0.05, 0.1) is 0 Å². The maximum absolute atomic E-state index is 2.39. The molecule has 0 aliphatic heterocycles. The summed E-state index contributed by atoms with van der Waals surface area (Å²) in [5.41, 5.74) is 1.85. The van der Waals surface area contributed by atoms with Crippen LogP contribution in [0, 0.1) is 0 Å². The minimum atomic E-state index is 0.305. The van der Waals surface area contributed by atoms with Crippen LogP contribution in [-0.4, -0.2) is 17.5 Å². The van der Waals surface area contributed by atoms with Crippen molar-refractivity contribution in [1.82, 2.24) is 0 Å². The molecule has 0 saturated heterocycles. The standard InChI is InChI=1S/C12H27P/c1-6-7-8-9-10-13(11(2)3)12(4)5/h11-12H,6-10H2,1-5H3. The van der Waals surface area contributed by atoms with E-state index in [0.29, 0.717) is 7.92 Å². The second kappa shape index (κ2) is 7.80. The predicted octanol–water partition coefficient (Wildman–Crippen LogP) is 4.87. The maximum atomic E-state index is 2.39. The fourth-order valence-corrected chi connectivity index (χ4v) is 4.65. The minimum absolute atomic E-state index is 0.305. The Labute approximate surface area is 86.3 Å². The van der Waals surface area contributed by atoms with E-state index in [0.717, 1.165) is 11.3 Å². The zero-order valence-electron chi connectivity index (χ0n) is 10.1. The van der Waals surface area contributed by atoms with Crippen LogP contribution >= 0.6 is 7.92 Å². The van der Waals surface area contributed by atoms with E-state index in [9.17, 15) is 0 Å². The molecule has 1 heteroatoms. The van der Waals surface area contributed by atoms with E-state index in [4.69, 9.17) is 0 Å². The van der Waals surface area contributed by atoms with Crippen molar-refractivity contribution in [1.29, 1.82) is 0 Å². The molecular weight excluding hydrogens is 175 g/mol. The van der Waals surface area contributed by atoms with Gasteiger partial charge < -0.3 is 0 Å². The van der Waals surface area contributed by atoms with E-state index in [1.165, 1.54) is 31.8 Å². The summed E-state index contributed by atoms with van der Waals surface area (Å²) in [4.78, 5) is 0. The van der Waals surface area contributed by atoms with Gasteiger partial charge in [0.1, 0.15) is 0 Å². The topological polar surface area (TPSA) is 0 Å². The predicted molar refractivity (Wildman–Crippen MR) is 66.2 cm³/mol. The Hall–Kier alpha value is 0.430. The summed E-state index contributed by atoms with van der Waals surface area (Å²) >= 11 is 0. The summed E-state index contributed by atoms with van der Waals surface area (Å²) in [5, 5.41) is 0. The third-order valence-electron chi connectivity index (χ3n) is 2.60. The Morgan fingerprint density at radius 1 is 0.846 bits per heavy atom. The van der Waals surface area contributed by atoms with Gasteiger partial charge in [0.15, 0.2) is 0 Å². The van der Waals surface area contributed by atoms with E-state index in [1.807, 2.05) is 0 Å². The van der Waals surface area contributed by atoms with Gasteiger partial charge in [-0.1, -0.05) is 53.9 Å². The van der Waals surface area contributed by atoms with Gasteiger partial charge in [-0.2, -0.15) is 0 Å². The van der Waals surface area contributed by atoms with Crippen LogP contribution in [0.25, 0.3) is 0 Å². The Morgan fingerprint density at radius 2 is 1.38 bits per heavy atom. The van der Waals surface area contributed by atoms with E-state index in [1.54, 1.807) is 0 Å². The number of rotatable bonds is 7. The van der Waals surface area contributed by atoms with Crippen LogP contribution in [0.5, 0.6) is 0 Å². The third kappa shape index (κ3) is 6.49. The molecule has 0 radical (unpaired) electrons. The van der Waals surface area contributed by atoms with Crippen LogP contribution in [0.2, 0.25) is 0 Å². The van der Waals surface area contributed by atoms with Crippen molar-refractivity contribution in [2.75, 3.05) is 6.16 Å². The monoisotopic (exact) mass is 202 g/mol. The summed E-state index contributed by atoms with van der Waals surface area (Å²) < 4.78 is 0. The molecule has 0 nitrogen and oxygen atoms in total. The van der Waals surface area contributed by atoms with Gasteiger partial charge in [0, 0.05) is 0 Å². The van der Waals surface area contributed by atoms with Crippen molar-refractivity contribution in [3.8, 4) is 0 Å². The van der Waals surface area contributed by atoms with Crippen LogP contribution in [0.3, 0.4) is 0 Å². The Bertz CT molecular complexity index is 99.7. The normalized spacial score (nSPS) is 12.0. The summed E-state index contributed by atoms with van der Waals surface area (Å²) in [6, 6.07) is 0. The van der Waals surface area contributed by atoms with E-state index < -0.39 is 0 Å². The van der Waals surface area contributed by atoms with Gasteiger partial charge in [0.25, 0.3) is 0 Å². The highest BCUT2D eigenvalue weighted by molar-refractivity contribution is 7.59. The molecule has 0 amide bonds. The first kappa shape index (κ1) is 13.4. The molecule has 0 saturated carbocycles. The van der Waals surface area contributed by atoms with Gasteiger partial charge in [-0.15, -0.1) is 7.92 Å². The molecule has 0 unspecified atom stereocenters. The second-order valence-electron chi connectivity index (χ2n) is 4.49. The molecule has 13 heavy (non-hydrogen) atoms. The lowest BCUT2D eigenvalue weighted by molar-refractivity contribution is 0.702. The largest absolute Gasteiger partial charge is 0.101 e. The molecule has 80 valence electrons. The first-order chi connectivity index (χ1) is 6.09. The maximum Gasteiger partial charge on any atom is -0.0264 e. The molecular formula is C12H27P. The lowest BCUT2D eigenvalue weighted by Gasteiger charge is -2.25. The lowest BCUT2D eigenvalue weighted by Crippen LogP contribution is -2.06. The van der Waals surface area contributed by atoms with Crippen LogP contribution < -0.4 is 0 Å². The molecule has 0 aliphatic carbocycles. The van der Waals surface area contributed by atoms with Crippen LogP contribution in [0.4, 0.5) is 0 Å². The van der Waals surface area contributed by atoms with Crippen LogP contribution in [0.15, 0.2) is 0 Å². The zero-order valence-corrected chi connectivity index (χ0v) is 11.0. The Morgan fingerprint density at radius 3 is 1.77 bits per heavy atom. The summed E-state index contributed by atoms with van der Waals surface area (Å²) in [6.07, 6.45) is 7.22. The number of unbranched alkanes of at least 4 members (excludes halogenated alkanes) is 3. The van der Waals surface area contributed by atoms with Crippen LogP contribution in [0.1, 0.15) is 60.3 Å². The zero-order chi connectivity index (χ0) is 10.3. The van der Waals surface area contributed by atoms with Gasteiger partial charge >= 0.3 is 0 Å². The van der Waals surface area contributed by atoms with Crippen LogP contribution in [-0.2, 0) is 0 Å². The quantitative estimate of drug-likeness (QED) is 0.408. The Kier molecular flexibility index (Phi) is 8.06. The molecule has 0 N–H and O–H groups in total. The van der Waals surface area contributed by atoms with Gasteiger partial charge in [0.2, 0.25) is 0 Å². The van der Waals surface area contributed by atoms with Crippen molar-refractivity contribution in [3.63, 3.8) is 0 Å². The van der Waals surface area contributed by atoms with E-state index in [2.05, 4.69) is 34.6 Å². The lowest BCUT2D eigenvalue weighted by atomic mass is 10.2. The van der Waals surface area contributed by atoms with Crippen molar-refractivity contribution in [2.45, 2.75) is 71.6 Å². The summed E-state index contributed by atoms with van der Waals surface area (Å²) in [5.74, 6) is 0. The van der Waals surface area contributed by atoms with Crippen molar-refractivity contribution >= 4 is 7.92 Å². The van der Waals surface area contributed by atoms with Crippen molar-refractivity contribution in [2.24, 2.45) is 0 Å². The first-order valence-electron chi connectivity index (χ1n) is 5.85. The third-order valence-corrected chi connectivity index (χ3v) is 6.08. The molecule has 0 heterocycles. The smallest absolute Gasteiger partial charge is 0.0264 e. The molecule has 0 rings (SSSR count). The average molecular weight is 202 g/mol. The van der Waals surface area contributed by atoms with Crippen molar-refractivity contribution in [3.05, 3.63) is 0 Å². The number of hydrogen-bond donors (Lipinski definition) is 0. The van der Waals surface area contributed by atoms with Gasteiger partial charge in [-0.3, -0.25) is 0 Å². The molecule has 0 atom stereocenters. The molecule has 0 aliphatic rings. The first-order valence-corrected chi connectivity index (χ1v) is 7.51. The fraction of sp³-hybridized carbons (Fsp3) is 1.00. The highest BCUT2D eigenvalue weighted by Gasteiger charge is 2.15.